The van der Waals surface area contributed by atoms with Gasteiger partial charge in [0.15, 0.2) is 0 Å². The zero-order valence-corrected chi connectivity index (χ0v) is 8.11. The molecule has 4 nitrogen and oxygen atoms in total. The smallest absolute Gasteiger partial charge is 0.211 e. The summed E-state index contributed by atoms with van der Waals surface area (Å²) in [6.45, 7) is 0.547. The minimum Gasteiger partial charge on any atom is -0.211 e. The van der Waals surface area contributed by atoms with Crippen LogP contribution >= 0.6 is 0 Å². The van der Waals surface area contributed by atoms with Crippen molar-refractivity contribution in [1.29, 1.82) is 0 Å². The summed E-state index contributed by atoms with van der Waals surface area (Å²) in [7, 11) is 0. The van der Waals surface area contributed by atoms with Crippen LogP contribution in [0.5, 0.6) is 0 Å². The Labute approximate surface area is 83.1 Å². The maximum Gasteiger partial charge on any atom is 0.235 e. The average molecular weight is 194 g/mol. The monoisotopic (exact) mass is 194 g/mol. The number of hydrogen-bond acceptors (Lipinski definition) is 4. The van der Waals surface area contributed by atoms with Crippen molar-refractivity contribution in [1.82, 2.24) is 0 Å². The Morgan fingerprint density at radius 2 is 2.07 bits per heavy atom. The number of rotatable bonds is 4. The quantitative estimate of drug-likeness (QED) is 0.504. The van der Waals surface area contributed by atoms with E-state index in [1.165, 1.54) is 6.08 Å². The van der Waals surface area contributed by atoms with E-state index in [4.69, 9.17) is 0 Å². The first kappa shape index (κ1) is 10.8. The van der Waals surface area contributed by atoms with Crippen LogP contribution in [0.15, 0.2) is 9.98 Å². The molecule has 1 aliphatic rings. The van der Waals surface area contributed by atoms with Crippen LogP contribution in [0.4, 0.5) is 0 Å². The maximum absolute atomic E-state index is 10.1. The van der Waals surface area contributed by atoms with Gasteiger partial charge < -0.3 is 0 Å². The molecular weight excluding hydrogens is 180 g/mol. The van der Waals surface area contributed by atoms with Gasteiger partial charge in [-0.15, -0.1) is 0 Å². The zero-order valence-electron chi connectivity index (χ0n) is 8.11. The van der Waals surface area contributed by atoms with Crippen LogP contribution in [0.3, 0.4) is 0 Å². The van der Waals surface area contributed by atoms with Crippen molar-refractivity contribution in [3.8, 4) is 0 Å². The largest absolute Gasteiger partial charge is 0.235 e. The van der Waals surface area contributed by atoms with Gasteiger partial charge in [0.1, 0.15) is 0 Å². The van der Waals surface area contributed by atoms with Gasteiger partial charge in [-0.05, 0) is 25.2 Å². The van der Waals surface area contributed by atoms with E-state index in [0.29, 0.717) is 12.5 Å². The normalized spacial score (nSPS) is 26.0. The fourth-order valence-corrected chi connectivity index (χ4v) is 2.01. The Morgan fingerprint density at radius 3 is 2.79 bits per heavy atom. The number of aliphatic imine (C=N–C) groups is 2. The van der Waals surface area contributed by atoms with Crippen molar-refractivity contribution in [3.63, 3.8) is 0 Å². The van der Waals surface area contributed by atoms with Crippen molar-refractivity contribution in [3.05, 3.63) is 0 Å². The molecule has 0 N–H and O–H groups in total. The Morgan fingerprint density at radius 1 is 1.21 bits per heavy atom. The highest BCUT2D eigenvalue weighted by Crippen LogP contribution is 2.28. The molecule has 0 aromatic heterocycles. The highest BCUT2D eigenvalue weighted by molar-refractivity contribution is 5.33. The lowest BCUT2D eigenvalue weighted by atomic mass is 9.84. The predicted octanol–water partition coefficient (Wildman–Crippen LogP) is 1.61. The summed E-state index contributed by atoms with van der Waals surface area (Å²) < 4.78 is 0. The minimum atomic E-state index is 0.145. The molecule has 0 heterocycles. The summed E-state index contributed by atoms with van der Waals surface area (Å²) in [4.78, 5) is 27.2. The van der Waals surface area contributed by atoms with Gasteiger partial charge in [0, 0.05) is 0 Å². The molecule has 4 heteroatoms. The van der Waals surface area contributed by atoms with Crippen LogP contribution in [-0.2, 0) is 9.59 Å². The Balaban J connectivity index is 2.31. The Hall–Kier alpha value is -1.24. The molecule has 0 bridgehead atoms. The molecule has 0 saturated heterocycles. The number of isocyanates is 2. The van der Waals surface area contributed by atoms with Crippen molar-refractivity contribution in [2.45, 2.75) is 38.1 Å². The molecule has 76 valence electrons. The fourth-order valence-electron chi connectivity index (χ4n) is 2.01. The van der Waals surface area contributed by atoms with Gasteiger partial charge in [0.25, 0.3) is 0 Å². The first-order valence-corrected chi connectivity index (χ1v) is 4.97. The predicted molar refractivity (Wildman–Crippen MR) is 51.5 cm³/mol. The molecule has 1 aliphatic carbocycles. The average Bonchev–Trinajstić information content (AvgIpc) is 2.19. The van der Waals surface area contributed by atoms with Gasteiger partial charge in [-0.1, -0.05) is 12.8 Å². The Bertz CT molecular complexity index is 265. The minimum absolute atomic E-state index is 0.145. The highest BCUT2D eigenvalue weighted by Gasteiger charge is 2.20. The van der Waals surface area contributed by atoms with Gasteiger partial charge in [-0.3, -0.25) is 0 Å². The molecule has 0 amide bonds. The number of hydrogen-bond donors (Lipinski definition) is 0. The third-order valence-electron chi connectivity index (χ3n) is 2.70. The lowest BCUT2D eigenvalue weighted by Gasteiger charge is -2.24. The zero-order chi connectivity index (χ0) is 10.2. The first-order valence-electron chi connectivity index (χ1n) is 4.97. The molecule has 0 radical (unpaired) electrons. The SMILES string of the molecule is O=C=NCCC1CCCC(N=C=O)C1. The van der Waals surface area contributed by atoms with Crippen LogP contribution in [0.1, 0.15) is 32.1 Å². The van der Waals surface area contributed by atoms with Crippen LogP contribution in [0.2, 0.25) is 0 Å². The maximum atomic E-state index is 10.1. The van der Waals surface area contributed by atoms with Crippen molar-refractivity contribution < 1.29 is 9.59 Å². The first-order chi connectivity index (χ1) is 6.86. The standard InChI is InChI=1S/C10H14N2O2/c13-7-11-5-4-9-2-1-3-10(6-9)12-8-14/h9-10H,1-6H2. The molecule has 0 aromatic carbocycles. The molecular formula is C10H14N2O2. The molecule has 2 unspecified atom stereocenters. The topological polar surface area (TPSA) is 58.9 Å². The second kappa shape index (κ2) is 6.25. The van der Waals surface area contributed by atoms with E-state index in [2.05, 4.69) is 9.98 Å². The van der Waals surface area contributed by atoms with Gasteiger partial charge in [0.2, 0.25) is 12.2 Å². The molecule has 1 rings (SSSR count). The van der Waals surface area contributed by atoms with Crippen molar-refractivity contribution >= 4 is 12.2 Å². The second-order valence-corrected chi connectivity index (χ2v) is 3.67. The van der Waals surface area contributed by atoms with Crippen LogP contribution < -0.4 is 0 Å². The third kappa shape index (κ3) is 3.65. The molecule has 2 atom stereocenters. The summed E-state index contributed by atoms with van der Waals surface area (Å²) in [5.74, 6) is 0.544. The van der Waals surface area contributed by atoms with Gasteiger partial charge in [-0.2, -0.15) is 0 Å². The summed E-state index contributed by atoms with van der Waals surface area (Å²) in [6.07, 6.45) is 8.23. The van der Waals surface area contributed by atoms with Crippen LogP contribution in [0.25, 0.3) is 0 Å². The summed E-state index contributed by atoms with van der Waals surface area (Å²) in [5.41, 5.74) is 0. The van der Waals surface area contributed by atoms with Gasteiger partial charge in [-0.25, -0.2) is 19.6 Å². The number of carbonyl (C=O) groups excluding carboxylic acids is 2. The van der Waals surface area contributed by atoms with E-state index in [0.717, 1.165) is 32.1 Å². The third-order valence-corrected chi connectivity index (χ3v) is 2.70. The van der Waals surface area contributed by atoms with E-state index in [9.17, 15) is 9.59 Å². The lowest BCUT2D eigenvalue weighted by Crippen LogP contribution is -2.18. The van der Waals surface area contributed by atoms with E-state index < -0.39 is 0 Å². The molecule has 0 aromatic rings. The molecule has 0 aliphatic heterocycles. The lowest BCUT2D eigenvalue weighted by molar-refractivity contribution is 0.310. The summed E-state index contributed by atoms with van der Waals surface area (Å²) in [6, 6.07) is 0.145. The van der Waals surface area contributed by atoms with Crippen molar-refractivity contribution in [2.24, 2.45) is 15.9 Å². The van der Waals surface area contributed by atoms with E-state index >= 15 is 0 Å². The summed E-state index contributed by atoms with van der Waals surface area (Å²) in [5, 5.41) is 0. The number of nitrogens with zero attached hydrogens (tertiary/aromatic N) is 2. The van der Waals surface area contributed by atoms with Gasteiger partial charge in [0.05, 0.1) is 12.6 Å². The van der Waals surface area contributed by atoms with Crippen LogP contribution in [0, 0.1) is 5.92 Å². The fraction of sp³-hybridized carbons (Fsp3) is 0.800. The van der Waals surface area contributed by atoms with Gasteiger partial charge >= 0.3 is 0 Å². The molecule has 1 saturated carbocycles. The van der Waals surface area contributed by atoms with Crippen LogP contribution in [-0.4, -0.2) is 24.7 Å². The molecule has 14 heavy (non-hydrogen) atoms. The van der Waals surface area contributed by atoms with E-state index in [1.54, 1.807) is 6.08 Å². The van der Waals surface area contributed by atoms with E-state index in [1.807, 2.05) is 0 Å². The highest BCUT2D eigenvalue weighted by atomic mass is 16.1. The summed E-state index contributed by atoms with van der Waals surface area (Å²) >= 11 is 0. The second-order valence-electron chi connectivity index (χ2n) is 3.67. The van der Waals surface area contributed by atoms with Crippen molar-refractivity contribution in [2.75, 3.05) is 6.54 Å². The molecule has 0 spiro atoms. The molecule has 1 fully saturated rings. The van der Waals surface area contributed by atoms with E-state index in [-0.39, 0.29) is 6.04 Å². The Kier molecular flexibility index (Phi) is 4.84.